The molecule has 0 spiro atoms. The van der Waals surface area contributed by atoms with Gasteiger partial charge in [-0.2, -0.15) is 0 Å². The van der Waals surface area contributed by atoms with Crippen LogP contribution in [0.15, 0.2) is 24.3 Å². The highest BCUT2D eigenvalue weighted by Gasteiger charge is 2.37. The first-order valence-corrected chi connectivity index (χ1v) is 10.5. The molecule has 23 heavy (non-hydrogen) atoms. The molecule has 0 aliphatic rings. The fraction of sp³-hybridized carbons (Fsp3) is 0.562. The summed E-state index contributed by atoms with van der Waals surface area (Å²) in [6.45, 7) is 11.0. The summed E-state index contributed by atoms with van der Waals surface area (Å²) in [6, 6.07) is 5.67. The SMILES string of the molecule is CC(C)(C)[Si](C)(C)OCCC(C(=O)O)c1ccc([N+](=O)[O-])cc1. The molecule has 0 bridgehead atoms. The van der Waals surface area contributed by atoms with E-state index in [1.165, 1.54) is 24.3 Å². The first-order valence-electron chi connectivity index (χ1n) is 7.57. The van der Waals surface area contributed by atoms with Crippen molar-refractivity contribution in [2.24, 2.45) is 0 Å². The molecule has 1 rings (SSSR count). The minimum atomic E-state index is -1.91. The number of hydrogen-bond donors (Lipinski definition) is 1. The van der Waals surface area contributed by atoms with E-state index in [9.17, 15) is 20.0 Å². The van der Waals surface area contributed by atoms with Gasteiger partial charge >= 0.3 is 5.97 Å². The van der Waals surface area contributed by atoms with Crippen molar-refractivity contribution < 1.29 is 19.3 Å². The molecule has 1 N–H and O–H groups in total. The fourth-order valence-corrected chi connectivity index (χ4v) is 2.97. The van der Waals surface area contributed by atoms with Crippen LogP contribution in [0.25, 0.3) is 0 Å². The van der Waals surface area contributed by atoms with E-state index in [1.54, 1.807) is 0 Å². The van der Waals surface area contributed by atoms with Crippen LogP contribution in [0.4, 0.5) is 5.69 Å². The van der Waals surface area contributed by atoms with Crippen molar-refractivity contribution in [3.8, 4) is 0 Å². The molecule has 1 unspecified atom stereocenters. The van der Waals surface area contributed by atoms with Crippen LogP contribution in [0.2, 0.25) is 18.1 Å². The number of non-ortho nitro benzene ring substituents is 1. The third-order valence-corrected chi connectivity index (χ3v) is 9.02. The van der Waals surface area contributed by atoms with Gasteiger partial charge in [-0.3, -0.25) is 14.9 Å². The molecule has 7 heteroatoms. The van der Waals surface area contributed by atoms with E-state index in [1.807, 2.05) is 0 Å². The molecule has 0 amide bonds. The zero-order chi connectivity index (χ0) is 17.8. The van der Waals surface area contributed by atoms with Crippen LogP contribution < -0.4 is 0 Å². The summed E-state index contributed by atoms with van der Waals surface area (Å²) in [5, 5.41) is 20.2. The van der Waals surface area contributed by atoms with Crippen LogP contribution in [-0.4, -0.2) is 30.9 Å². The number of nitro groups is 1. The molecule has 0 saturated heterocycles. The predicted molar refractivity (Wildman–Crippen MR) is 91.2 cm³/mol. The van der Waals surface area contributed by atoms with E-state index < -0.39 is 25.1 Å². The van der Waals surface area contributed by atoms with Crippen molar-refractivity contribution >= 4 is 20.0 Å². The molecule has 1 aromatic carbocycles. The van der Waals surface area contributed by atoms with Crippen LogP contribution in [0.3, 0.4) is 0 Å². The first-order chi connectivity index (χ1) is 10.5. The number of nitrogens with zero attached hydrogens (tertiary/aromatic N) is 1. The van der Waals surface area contributed by atoms with Gasteiger partial charge in [-0.05, 0) is 30.1 Å². The highest BCUT2D eigenvalue weighted by Crippen LogP contribution is 2.37. The maximum atomic E-state index is 11.5. The van der Waals surface area contributed by atoms with E-state index in [0.29, 0.717) is 18.6 Å². The van der Waals surface area contributed by atoms with Gasteiger partial charge in [0.15, 0.2) is 8.32 Å². The number of benzene rings is 1. The van der Waals surface area contributed by atoms with Crippen molar-refractivity contribution in [1.29, 1.82) is 0 Å². The normalized spacial score (nSPS) is 13.6. The molecule has 0 saturated carbocycles. The zero-order valence-electron chi connectivity index (χ0n) is 14.3. The lowest BCUT2D eigenvalue weighted by molar-refractivity contribution is -0.384. The van der Waals surface area contributed by atoms with E-state index in [0.717, 1.165) is 0 Å². The van der Waals surface area contributed by atoms with E-state index in [4.69, 9.17) is 4.43 Å². The molecule has 128 valence electrons. The van der Waals surface area contributed by atoms with Gasteiger partial charge in [0, 0.05) is 18.7 Å². The predicted octanol–water partition coefficient (Wildman–Crippen LogP) is 4.17. The molecule has 0 radical (unpaired) electrons. The summed E-state index contributed by atoms with van der Waals surface area (Å²) in [7, 11) is -1.91. The monoisotopic (exact) mass is 339 g/mol. The average molecular weight is 339 g/mol. The summed E-state index contributed by atoms with van der Waals surface area (Å²) in [4.78, 5) is 21.7. The Morgan fingerprint density at radius 2 is 1.83 bits per heavy atom. The van der Waals surface area contributed by atoms with Gasteiger partial charge in [-0.1, -0.05) is 32.9 Å². The molecular formula is C16H25NO5Si. The third kappa shape index (κ3) is 5.14. The van der Waals surface area contributed by atoms with E-state index in [-0.39, 0.29) is 10.7 Å². The molecule has 0 aliphatic heterocycles. The molecule has 6 nitrogen and oxygen atoms in total. The van der Waals surface area contributed by atoms with Crippen molar-refractivity contribution in [2.45, 2.75) is 51.2 Å². The van der Waals surface area contributed by atoms with Crippen LogP contribution in [0, 0.1) is 10.1 Å². The molecular weight excluding hydrogens is 314 g/mol. The van der Waals surface area contributed by atoms with Crippen LogP contribution in [0.1, 0.15) is 38.7 Å². The van der Waals surface area contributed by atoms with E-state index in [2.05, 4.69) is 33.9 Å². The van der Waals surface area contributed by atoms with Gasteiger partial charge in [0.25, 0.3) is 5.69 Å². The van der Waals surface area contributed by atoms with Crippen LogP contribution >= 0.6 is 0 Å². The number of carboxylic acid groups (broad SMARTS) is 1. The minimum absolute atomic E-state index is 0.0459. The molecule has 1 atom stereocenters. The molecule has 0 fully saturated rings. The Hall–Kier alpha value is -1.73. The number of carbonyl (C=O) groups is 1. The Kier molecular flexibility index (Phi) is 6.07. The summed E-state index contributed by atoms with van der Waals surface area (Å²) in [6.07, 6.45) is 0.347. The van der Waals surface area contributed by atoms with Gasteiger partial charge < -0.3 is 9.53 Å². The second-order valence-corrected chi connectivity index (χ2v) is 11.9. The Morgan fingerprint density at radius 3 is 2.22 bits per heavy atom. The Labute approximate surface area is 137 Å². The van der Waals surface area contributed by atoms with Gasteiger partial charge in [0.2, 0.25) is 0 Å². The fourth-order valence-electron chi connectivity index (χ4n) is 1.91. The van der Waals surface area contributed by atoms with Crippen molar-refractivity contribution in [3.63, 3.8) is 0 Å². The van der Waals surface area contributed by atoms with Gasteiger partial charge in [-0.15, -0.1) is 0 Å². The standard InChI is InChI=1S/C16H25NO5Si/c1-16(2,3)23(4,5)22-11-10-14(15(18)19)12-6-8-13(9-7-12)17(20)21/h6-9,14H,10-11H2,1-5H3,(H,18,19). The van der Waals surface area contributed by atoms with Crippen molar-refractivity contribution in [1.82, 2.24) is 0 Å². The number of aliphatic carboxylic acids is 1. The summed E-state index contributed by atoms with van der Waals surface area (Å²) in [5.41, 5.74) is 0.511. The van der Waals surface area contributed by atoms with Crippen LogP contribution in [0.5, 0.6) is 0 Å². The Morgan fingerprint density at radius 1 is 1.30 bits per heavy atom. The molecule has 0 heterocycles. The zero-order valence-corrected chi connectivity index (χ0v) is 15.3. The largest absolute Gasteiger partial charge is 0.481 e. The third-order valence-electron chi connectivity index (χ3n) is 4.48. The number of nitro benzene ring substituents is 1. The average Bonchev–Trinajstić information content (AvgIpc) is 2.42. The minimum Gasteiger partial charge on any atom is -0.481 e. The summed E-state index contributed by atoms with van der Waals surface area (Å²) >= 11 is 0. The van der Waals surface area contributed by atoms with Gasteiger partial charge in [0.1, 0.15) is 0 Å². The Balaban J connectivity index is 2.77. The van der Waals surface area contributed by atoms with Crippen molar-refractivity contribution in [3.05, 3.63) is 39.9 Å². The number of rotatable bonds is 7. The second-order valence-electron chi connectivity index (χ2n) is 7.14. The first kappa shape index (κ1) is 19.3. The van der Waals surface area contributed by atoms with E-state index >= 15 is 0 Å². The quantitative estimate of drug-likeness (QED) is 0.457. The number of carboxylic acids is 1. The van der Waals surface area contributed by atoms with Crippen molar-refractivity contribution in [2.75, 3.05) is 6.61 Å². The second kappa shape index (κ2) is 7.23. The summed E-state index contributed by atoms with van der Waals surface area (Å²) in [5.74, 6) is -1.67. The highest BCUT2D eigenvalue weighted by atomic mass is 28.4. The lowest BCUT2D eigenvalue weighted by Crippen LogP contribution is -2.41. The smallest absolute Gasteiger partial charge is 0.311 e. The lowest BCUT2D eigenvalue weighted by Gasteiger charge is -2.36. The summed E-state index contributed by atoms with van der Waals surface area (Å²) < 4.78 is 6.03. The topological polar surface area (TPSA) is 89.7 Å². The maximum Gasteiger partial charge on any atom is 0.311 e. The van der Waals surface area contributed by atoms with Gasteiger partial charge in [0.05, 0.1) is 10.8 Å². The lowest BCUT2D eigenvalue weighted by atomic mass is 9.96. The van der Waals surface area contributed by atoms with Gasteiger partial charge in [-0.25, -0.2) is 0 Å². The molecule has 0 aliphatic carbocycles. The number of hydrogen-bond acceptors (Lipinski definition) is 4. The van der Waals surface area contributed by atoms with Crippen LogP contribution in [-0.2, 0) is 9.22 Å². The Bertz CT molecular complexity index is 563. The molecule has 0 aromatic heterocycles. The molecule has 1 aromatic rings. The highest BCUT2D eigenvalue weighted by molar-refractivity contribution is 6.74. The maximum absolute atomic E-state index is 11.5.